The average molecular weight is 400 g/mol. The molecule has 0 bridgehead atoms. The van der Waals surface area contributed by atoms with E-state index >= 15 is 0 Å². The molecule has 1 aromatic heterocycles. The summed E-state index contributed by atoms with van der Waals surface area (Å²) in [6.07, 6.45) is 3.49. The van der Waals surface area contributed by atoms with Crippen LogP contribution in [0.4, 0.5) is 0 Å². The molecule has 2 fully saturated rings. The Kier molecular flexibility index (Phi) is 6.16. The van der Waals surface area contributed by atoms with Crippen LogP contribution >= 0.6 is 0 Å². The molecule has 1 N–H and O–H groups in total. The highest BCUT2D eigenvalue weighted by molar-refractivity contribution is 5.81. The minimum atomic E-state index is -0.628. The Morgan fingerprint density at radius 2 is 1.86 bits per heavy atom. The molecule has 7 heteroatoms. The predicted octanol–water partition coefficient (Wildman–Crippen LogP) is 2.32. The molecule has 0 saturated carbocycles. The van der Waals surface area contributed by atoms with Crippen LogP contribution in [-0.4, -0.2) is 55.3 Å². The van der Waals surface area contributed by atoms with E-state index in [1.165, 1.54) is 6.07 Å². The lowest BCUT2D eigenvalue weighted by atomic mass is 9.99. The fraction of sp³-hybridized carbons (Fsp3) is 0.545. The van der Waals surface area contributed by atoms with Crippen molar-refractivity contribution in [3.63, 3.8) is 0 Å². The Hall–Kier alpha value is -2.38. The first-order chi connectivity index (χ1) is 14.1. The first kappa shape index (κ1) is 19.9. The van der Waals surface area contributed by atoms with E-state index in [0.29, 0.717) is 17.4 Å². The summed E-state index contributed by atoms with van der Waals surface area (Å²) < 4.78 is 16.4. The summed E-state index contributed by atoms with van der Waals surface area (Å²) in [6.45, 7) is 5.46. The first-order valence-electron chi connectivity index (χ1n) is 10.4. The van der Waals surface area contributed by atoms with E-state index in [1.807, 2.05) is 6.07 Å². The van der Waals surface area contributed by atoms with Crippen LogP contribution in [0.25, 0.3) is 11.0 Å². The Morgan fingerprint density at radius 3 is 2.62 bits per heavy atom. The van der Waals surface area contributed by atoms with E-state index in [9.17, 15) is 9.59 Å². The summed E-state index contributed by atoms with van der Waals surface area (Å²) in [5.41, 5.74) is 0.0376. The second-order valence-corrected chi connectivity index (χ2v) is 7.88. The number of hydrogen-bond donors (Lipinski definition) is 1. The maximum atomic E-state index is 12.6. The number of likely N-dealkylation sites (tertiary alicyclic amines) is 1. The molecule has 0 radical (unpaired) electrons. The lowest BCUT2D eigenvalue weighted by Crippen LogP contribution is -2.51. The van der Waals surface area contributed by atoms with Gasteiger partial charge in [-0.05, 0) is 50.8 Å². The highest BCUT2D eigenvalue weighted by Crippen LogP contribution is 2.22. The van der Waals surface area contributed by atoms with E-state index in [4.69, 9.17) is 13.9 Å². The highest BCUT2D eigenvalue weighted by atomic mass is 16.5. The van der Waals surface area contributed by atoms with Crippen molar-refractivity contribution in [2.45, 2.75) is 50.8 Å². The number of carbonyl (C=O) groups excluding carboxylic acids is 1. The molecule has 4 rings (SSSR count). The lowest BCUT2D eigenvalue weighted by Gasteiger charge is -2.39. The van der Waals surface area contributed by atoms with Gasteiger partial charge in [-0.15, -0.1) is 0 Å². The number of hydrogen-bond acceptors (Lipinski definition) is 6. The maximum Gasteiger partial charge on any atom is 0.336 e. The molecule has 7 nitrogen and oxygen atoms in total. The van der Waals surface area contributed by atoms with Crippen LogP contribution in [-0.2, 0) is 9.53 Å². The van der Waals surface area contributed by atoms with Gasteiger partial charge < -0.3 is 24.1 Å². The van der Waals surface area contributed by atoms with Gasteiger partial charge in [0.1, 0.15) is 11.3 Å². The molecule has 2 aliphatic rings. The molecule has 0 aliphatic carbocycles. The van der Waals surface area contributed by atoms with Crippen LogP contribution in [0.3, 0.4) is 0 Å². The Balaban J connectivity index is 1.28. The Labute approximate surface area is 170 Å². The van der Waals surface area contributed by atoms with Gasteiger partial charge in [-0.2, -0.15) is 0 Å². The fourth-order valence-corrected chi connectivity index (χ4v) is 4.15. The van der Waals surface area contributed by atoms with Crippen molar-refractivity contribution >= 4 is 16.9 Å². The topological polar surface area (TPSA) is 81.0 Å². The quantitative estimate of drug-likeness (QED) is 0.776. The van der Waals surface area contributed by atoms with Crippen LogP contribution in [0.2, 0.25) is 0 Å². The summed E-state index contributed by atoms with van der Waals surface area (Å²) in [6, 6.07) is 9.12. The van der Waals surface area contributed by atoms with Gasteiger partial charge in [0.05, 0.1) is 0 Å². The number of nitrogens with zero attached hydrogens (tertiary/aromatic N) is 1. The first-order valence-corrected chi connectivity index (χ1v) is 10.4. The van der Waals surface area contributed by atoms with Gasteiger partial charge in [0.2, 0.25) is 0 Å². The van der Waals surface area contributed by atoms with E-state index in [1.54, 1.807) is 25.1 Å². The zero-order valence-electron chi connectivity index (χ0n) is 16.8. The van der Waals surface area contributed by atoms with Crippen molar-refractivity contribution in [2.24, 2.45) is 0 Å². The van der Waals surface area contributed by atoms with E-state index in [2.05, 4.69) is 10.2 Å². The number of rotatable bonds is 5. The van der Waals surface area contributed by atoms with Crippen LogP contribution in [0.1, 0.15) is 32.6 Å². The van der Waals surface area contributed by atoms with Crippen LogP contribution in [0.15, 0.2) is 39.5 Å². The van der Waals surface area contributed by atoms with Crippen molar-refractivity contribution in [3.05, 3.63) is 40.8 Å². The third-order valence-electron chi connectivity index (χ3n) is 5.86. The number of amides is 1. The van der Waals surface area contributed by atoms with Gasteiger partial charge in [-0.1, -0.05) is 0 Å². The summed E-state index contributed by atoms with van der Waals surface area (Å²) in [5.74, 6) is 0.382. The summed E-state index contributed by atoms with van der Waals surface area (Å²) in [7, 11) is 0. The largest absolute Gasteiger partial charge is 0.481 e. The van der Waals surface area contributed by atoms with Crippen LogP contribution in [0.5, 0.6) is 5.75 Å². The van der Waals surface area contributed by atoms with Crippen LogP contribution < -0.4 is 15.7 Å². The molecule has 2 saturated heterocycles. The molecule has 0 spiro atoms. The third-order valence-corrected chi connectivity index (χ3v) is 5.86. The van der Waals surface area contributed by atoms with Gasteiger partial charge in [0.15, 0.2) is 6.10 Å². The molecule has 3 heterocycles. The monoisotopic (exact) mass is 400 g/mol. The number of fused-ring (bicyclic) bond motifs is 1. The number of ether oxygens (including phenoxy) is 2. The smallest absolute Gasteiger partial charge is 0.336 e. The molecule has 1 unspecified atom stereocenters. The van der Waals surface area contributed by atoms with Gasteiger partial charge in [-0.3, -0.25) is 4.79 Å². The summed E-state index contributed by atoms with van der Waals surface area (Å²) in [4.78, 5) is 26.5. The third kappa shape index (κ3) is 4.97. The van der Waals surface area contributed by atoms with Gasteiger partial charge >= 0.3 is 5.63 Å². The minimum Gasteiger partial charge on any atom is -0.481 e. The molecule has 1 atom stereocenters. The predicted molar refractivity (Wildman–Crippen MR) is 109 cm³/mol. The zero-order valence-corrected chi connectivity index (χ0v) is 16.8. The standard InChI is InChI=1S/C22H28N2O5/c1-15(28-19-4-2-16-3-5-21(25)29-20(16)14-19)22(26)23-17-6-10-24(11-7-17)18-8-12-27-13-9-18/h2-5,14-15,17-18H,6-13H2,1H3,(H,23,26). The average Bonchev–Trinajstić information content (AvgIpc) is 2.74. The Bertz CT molecular complexity index is 897. The molecular weight excluding hydrogens is 372 g/mol. The molecular formula is C22H28N2O5. The second kappa shape index (κ2) is 8.97. The zero-order chi connectivity index (χ0) is 20.2. The van der Waals surface area contributed by atoms with Crippen molar-refractivity contribution < 1.29 is 18.7 Å². The summed E-state index contributed by atoms with van der Waals surface area (Å²) in [5, 5.41) is 3.93. The van der Waals surface area contributed by atoms with Crippen LogP contribution in [0, 0.1) is 0 Å². The number of nitrogens with one attached hydrogen (secondary N) is 1. The molecule has 29 heavy (non-hydrogen) atoms. The SMILES string of the molecule is CC(Oc1ccc2ccc(=O)oc2c1)C(=O)NC1CCN(C2CCOCC2)CC1. The number of benzene rings is 1. The maximum absolute atomic E-state index is 12.6. The molecule has 156 valence electrons. The Morgan fingerprint density at radius 1 is 1.14 bits per heavy atom. The minimum absolute atomic E-state index is 0.121. The molecule has 2 aliphatic heterocycles. The van der Waals surface area contributed by atoms with Gasteiger partial charge in [0.25, 0.3) is 5.91 Å². The van der Waals surface area contributed by atoms with Crippen molar-refractivity contribution in [3.8, 4) is 5.75 Å². The second-order valence-electron chi connectivity index (χ2n) is 7.88. The lowest BCUT2D eigenvalue weighted by molar-refractivity contribution is -0.128. The van der Waals surface area contributed by atoms with Crippen molar-refractivity contribution in [2.75, 3.05) is 26.3 Å². The van der Waals surface area contributed by atoms with Crippen molar-refractivity contribution in [1.29, 1.82) is 0 Å². The van der Waals surface area contributed by atoms with E-state index in [-0.39, 0.29) is 11.9 Å². The van der Waals surface area contributed by atoms with E-state index in [0.717, 1.165) is 57.4 Å². The highest BCUT2D eigenvalue weighted by Gasteiger charge is 2.28. The van der Waals surface area contributed by atoms with Crippen molar-refractivity contribution in [1.82, 2.24) is 10.2 Å². The molecule has 2 aromatic rings. The van der Waals surface area contributed by atoms with E-state index < -0.39 is 11.7 Å². The summed E-state index contributed by atoms with van der Waals surface area (Å²) >= 11 is 0. The number of piperidine rings is 1. The van der Waals surface area contributed by atoms with Gasteiger partial charge in [0, 0.05) is 55.9 Å². The molecule has 1 amide bonds. The molecule has 1 aromatic carbocycles. The van der Waals surface area contributed by atoms with Gasteiger partial charge in [-0.25, -0.2) is 4.79 Å². The number of carbonyl (C=O) groups is 1. The fourth-order valence-electron chi connectivity index (χ4n) is 4.15. The normalized spacial score (nSPS) is 20.4.